The Hall–Kier alpha value is -6.47. The number of hydrogen-bond acceptors (Lipinski definition) is 12. The molecule has 0 bridgehead atoms. The van der Waals surface area contributed by atoms with Gasteiger partial charge in [-0.3, -0.25) is 4.79 Å². The Kier molecular flexibility index (Phi) is 27.0. The number of nitrogens with zero attached hydrogens (tertiary/aromatic N) is 2. The van der Waals surface area contributed by atoms with Crippen LogP contribution < -0.4 is 9.80 Å². The molecule has 6 rings (SSSR count). The fourth-order valence-corrected chi connectivity index (χ4v) is 12.2. The van der Waals surface area contributed by atoms with Gasteiger partial charge in [0.15, 0.2) is 0 Å². The van der Waals surface area contributed by atoms with Crippen LogP contribution in [0.25, 0.3) is 6.08 Å². The normalized spacial score (nSPS) is 11.7. The van der Waals surface area contributed by atoms with Crippen LogP contribution >= 0.6 is 0 Å². The number of benzene rings is 6. The molecule has 0 fully saturated rings. The maximum absolute atomic E-state index is 13.1. The minimum Gasteiger partial charge on any atom is -0.465 e. The highest BCUT2D eigenvalue weighted by atomic mass is 28.4. The van der Waals surface area contributed by atoms with E-state index in [0.29, 0.717) is 50.1 Å². The molecule has 1 atom stereocenters. The van der Waals surface area contributed by atoms with Gasteiger partial charge in [-0.2, -0.15) is 0 Å². The first kappa shape index (κ1) is 66.0. The molecule has 6 aromatic rings. The molecule has 0 heterocycles. The summed E-state index contributed by atoms with van der Waals surface area (Å²) in [6.07, 6.45) is 4.76. The Morgan fingerprint density at radius 2 is 0.812 bits per heavy atom. The van der Waals surface area contributed by atoms with Crippen LogP contribution in [0.3, 0.4) is 0 Å². The van der Waals surface area contributed by atoms with E-state index in [1.54, 1.807) is 49.6 Å². The number of anilines is 6. The molecule has 80 heavy (non-hydrogen) atoms. The summed E-state index contributed by atoms with van der Waals surface area (Å²) < 4.78 is 42.7. The maximum Gasteiger partial charge on any atom is 0.500 e. The molecule has 430 valence electrons. The van der Waals surface area contributed by atoms with E-state index in [2.05, 4.69) is 203 Å². The molecule has 0 aliphatic rings. The van der Waals surface area contributed by atoms with Gasteiger partial charge >= 0.3 is 29.5 Å². The number of carbonyl (C=O) groups excluding carboxylic acids is 2. The third kappa shape index (κ3) is 19.7. The molecule has 0 saturated carbocycles. The van der Waals surface area contributed by atoms with Gasteiger partial charge in [-0.25, -0.2) is 4.79 Å². The van der Waals surface area contributed by atoms with Crippen LogP contribution in [-0.2, 0) is 45.6 Å². The molecule has 12 nitrogen and oxygen atoms in total. The molecular weight excluding hydrogens is 1040 g/mol. The highest BCUT2D eigenvalue weighted by Crippen LogP contribution is 2.39. The second-order valence-corrected chi connectivity index (χ2v) is 26.6. The molecule has 0 saturated heterocycles. The smallest absolute Gasteiger partial charge is 0.465 e. The molecule has 0 amide bonds. The van der Waals surface area contributed by atoms with Crippen molar-refractivity contribution in [3.05, 3.63) is 198 Å². The van der Waals surface area contributed by atoms with Gasteiger partial charge in [-0.1, -0.05) is 121 Å². The summed E-state index contributed by atoms with van der Waals surface area (Å²) in [6, 6.07) is 52.9. The lowest BCUT2D eigenvalue weighted by atomic mass is 9.79. The number of ether oxygens (including phenoxy) is 2. The Morgan fingerprint density at radius 1 is 0.512 bits per heavy atom. The first-order chi connectivity index (χ1) is 38.3. The molecule has 0 aromatic heterocycles. The van der Waals surface area contributed by atoms with Crippen molar-refractivity contribution in [1.82, 2.24) is 0 Å². The van der Waals surface area contributed by atoms with E-state index in [0.717, 1.165) is 46.1 Å². The predicted octanol–water partition coefficient (Wildman–Crippen LogP) is 16.3. The zero-order chi connectivity index (χ0) is 58.9. The maximum atomic E-state index is 13.1. The Balaban J connectivity index is 0.000000295. The van der Waals surface area contributed by atoms with Crippen molar-refractivity contribution < 1.29 is 45.6 Å². The van der Waals surface area contributed by atoms with Crippen molar-refractivity contribution >= 4 is 69.7 Å². The van der Waals surface area contributed by atoms with E-state index in [-0.39, 0.29) is 17.9 Å². The summed E-state index contributed by atoms with van der Waals surface area (Å²) in [4.78, 5) is 28.7. The first-order valence-electron chi connectivity index (χ1n) is 27.3. The van der Waals surface area contributed by atoms with Gasteiger partial charge in [0.05, 0.1) is 18.6 Å². The first-order valence-corrected chi connectivity index (χ1v) is 31.1. The van der Waals surface area contributed by atoms with Crippen LogP contribution in [0.15, 0.2) is 164 Å². The van der Waals surface area contributed by atoms with E-state index >= 15 is 0 Å². The zero-order valence-corrected chi connectivity index (χ0v) is 52.1. The standard InChI is InChI=1S/C34H47NO5Si.C22H21N.C10H20O5Si/c1-9-28(25-34(4,5)33(36)40-23-10-24-41(37-6,38-7)39-8)29-15-21-32(22-16-29)35(30-17-11-26(2)12-18-30)31-19-13-27(3)14-20-31;1-4-19-9-15-22(16-10-19)23(20-11-5-17(2)6-12-20)21-13-7-18(3)8-14-21;1-9(2)10(11)15-7-6-8-16(12-3,13-4)14-5/h11-22,28H,9-10,23-25H2,1-8H3;4-16H,1H2,2-3H3;1,6-8H2,2-5H3. The lowest BCUT2D eigenvalue weighted by Crippen LogP contribution is -2.42. The highest BCUT2D eigenvalue weighted by Gasteiger charge is 2.38. The average molecular weight is 1130 g/mol. The Bertz CT molecular complexity index is 2690. The molecular formula is C66H88N2O10Si2. The molecule has 0 aliphatic heterocycles. The fourth-order valence-electron chi connectivity index (χ4n) is 8.86. The molecule has 0 N–H and O–H groups in total. The van der Waals surface area contributed by atoms with Gasteiger partial charge in [0.1, 0.15) is 0 Å². The predicted molar refractivity (Wildman–Crippen MR) is 332 cm³/mol. The summed E-state index contributed by atoms with van der Waals surface area (Å²) in [6.45, 7) is 24.1. The Labute approximate surface area is 481 Å². The van der Waals surface area contributed by atoms with E-state index in [1.165, 1.54) is 27.8 Å². The third-order valence-corrected chi connectivity index (χ3v) is 19.6. The molecule has 0 aliphatic carbocycles. The topological polar surface area (TPSA) is 114 Å². The molecule has 1 unspecified atom stereocenters. The van der Waals surface area contributed by atoms with Crippen LogP contribution in [0.5, 0.6) is 0 Å². The van der Waals surface area contributed by atoms with Crippen molar-refractivity contribution in [1.29, 1.82) is 0 Å². The largest absolute Gasteiger partial charge is 0.500 e. The van der Waals surface area contributed by atoms with Crippen molar-refractivity contribution in [2.45, 2.75) is 99.1 Å². The van der Waals surface area contributed by atoms with Gasteiger partial charge in [0, 0.05) is 94.4 Å². The minimum atomic E-state index is -2.67. The third-order valence-electron chi connectivity index (χ3n) is 13.9. The summed E-state index contributed by atoms with van der Waals surface area (Å²) in [5.74, 6) is -0.328. The van der Waals surface area contributed by atoms with Crippen molar-refractivity contribution in [3.8, 4) is 0 Å². The quantitative estimate of drug-likeness (QED) is 0.0212. The van der Waals surface area contributed by atoms with Crippen LogP contribution in [0, 0.1) is 33.1 Å². The molecule has 0 radical (unpaired) electrons. The van der Waals surface area contributed by atoms with E-state index in [1.807, 2.05) is 19.9 Å². The van der Waals surface area contributed by atoms with Crippen molar-refractivity contribution in [3.63, 3.8) is 0 Å². The Morgan fingerprint density at radius 3 is 1.10 bits per heavy atom. The minimum absolute atomic E-state index is 0.183. The zero-order valence-electron chi connectivity index (χ0n) is 50.1. The second-order valence-electron chi connectivity index (χ2n) is 20.4. The molecule has 0 spiro atoms. The average Bonchev–Trinajstić information content (AvgIpc) is 3.48. The van der Waals surface area contributed by atoms with Gasteiger partial charge in [-0.15, -0.1) is 0 Å². The van der Waals surface area contributed by atoms with Crippen LogP contribution in [0.4, 0.5) is 34.1 Å². The second kappa shape index (κ2) is 32.7. The van der Waals surface area contributed by atoms with E-state index in [9.17, 15) is 9.59 Å². The van der Waals surface area contributed by atoms with Gasteiger partial charge in [0.25, 0.3) is 0 Å². The van der Waals surface area contributed by atoms with E-state index < -0.39 is 23.0 Å². The van der Waals surface area contributed by atoms with Crippen LogP contribution in [-0.4, -0.2) is 85.4 Å². The highest BCUT2D eigenvalue weighted by molar-refractivity contribution is 6.60. The van der Waals surface area contributed by atoms with Gasteiger partial charge < -0.3 is 45.8 Å². The summed E-state index contributed by atoms with van der Waals surface area (Å²) in [5.41, 5.74) is 13.9. The van der Waals surface area contributed by atoms with Crippen molar-refractivity contribution in [2.24, 2.45) is 5.41 Å². The number of carbonyl (C=O) groups is 2. The van der Waals surface area contributed by atoms with E-state index in [4.69, 9.17) is 36.0 Å². The van der Waals surface area contributed by atoms with Crippen LogP contribution in [0.2, 0.25) is 12.1 Å². The monoisotopic (exact) mass is 1120 g/mol. The number of rotatable bonds is 27. The lowest BCUT2D eigenvalue weighted by Gasteiger charge is -2.29. The van der Waals surface area contributed by atoms with Crippen molar-refractivity contribution in [2.75, 3.05) is 65.7 Å². The SMILES string of the molecule is C=C(C)C(=O)OCCC[Si](OC)(OC)OC.C=Cc1ccc(N(c2ccc(C)cc2)c2ccc(C)cc2)cc1.CCC(CC(C)(C)C(=O)OCCC[Si](OC)(OC)OC)c1ccc(N(c2ccc(C)cc2)c2ccc(C)cc2)cc1. The summed E-state index contributed by atoms with van der Waals surface area (Å²) >= 11 is 0. The lowest BCUT2D eigenvalue weighted by molar-refractivity contribution is -0.154. The number of hydrogen-bond donors (Lipinski definition) is 0. The number of esters is 2. The summed E-state index contributed by atoms with van der Waals surface area (Å²) in [7, 11) is 4.24. The van der Waals surface area contributed by atoms with Gasteiger partial charge in [-0.05, 0) is 164 Å². The molecule has 14 heteroatoms. The number of aryl methyl sites for hydroxylation is 4. The summed E-state index contributed by atoms with van der Waals surface area (Å²) in [5, 5.41) is 0. The fraction of sp³-hybridized carbons (Fsp3) is 0.364. The van der Waals surface area contributed by atoms with Crippen LogP contribution in [0.1, 0.15) is 92.7 Å². The van der Waals surface area contributed by atoms with Gasteiger partial charge in [0.2, 0.25) is 0 Å². The molecule has 6 aromatic carbocycles.